The highest BCUT2D eigenvalue weighted by atomic mass is 35.5. The summed E-state index contributed by atoms with van der Waals surface area (Å²) in [6, 6.07) is 28.9. The molecule has 18 nitrogen and oxygen atoms in total. The number of nitrogens with one attached hydrogen (secondary N) is 5. The first kappa shape index (κ1) is 57.7. The molecule has 0 radical (unpaired) electrons. The first-order chi connectivity index (χ1) is 33.9. The number of aromatic nitrogens is 4. The molecule has 0 atom stereocenters. The van der Waals surface area contributed by atoms with Crippen molar-refractivity contribution in [2.24, 2.45) is 0 Å². The molecule has 0 aliphatic carbocycles. The van der Waals surface area contributed by atoms with E-state index in [1.54, 1.807) is 36.4 Å². The Morgan fingerprint density at radius 2 is 0.972 bits per heavy atom. The highest BCUT2D eigenvalue weighted by molar-refractivity contribution is 7.89. The van der Waals surface area contributed by atoms with Gasteiger partial charge in [0.1, 0.15) is 19.8 Å². The maximum atomic E-state index is 12.7. The van der Waals surface area contributed by atoms with Gasteiger partial charge in [0.05, 0.1) is 23.8 Å². The first-order valence-electron chi connectivity index (χ1n) is 22.6. The van der Waals surface area contributed by atoms with Crippen LogP contribution < -0.4 is 26.6 Å². The second-order valence-corrected chi connectivity index (χ2v) is 22.3. The van der Waals surface area contributed by atoms with E-state index in [1.807, 2.05) is 36.4 Å². The van der Waals surface area contributed by atoms with Crippen LogP contribution in [0.3, 0.4) is 0 Å². The number of hydrogen-bond donors (Lipinski definition) is 5. The normalized spacial score (nSPS) is 14.5. The van der Waals surface area contributed by atoms with Gasteiger partial charge < -0.3 is 36.4 Å². The number of likely N-dealkylation sites (N-methyl/N-ethyl adjacent to an activating group) is 2. The molecule has 388 valence electrons. The zero-order chi connectivity index (χ0) is 51.1. The van der Waals surface area contributed by atoms with Crippen molar-refractivity contribution in [1.82, 2.24) is 48.6 Å². The Hall–Kier alpha value is -5.23. The number of anilines is 8. The second-order valence-electron chi connectivity index (χ2n) is 17.0. The van der Waals surface area contributed by atoms with Crippen molar-refractivity contribution in [2.75, 3.05) is 116 Å². The molecule has 0 saturated carbocycles. The number of alkyl halides is 1. The second kappa shape index (κ2) is 27.2. The Labute approximate surface area is 440 Å². The molecule has 4 aromatic carbocycles. The van der Waals surface area contributed by atoms with Crippen LogP contribution in [0.15, 0.2) is 119 Å². The molecule has 6 aromatic rings. The van der Waals surface area contributed by atoms with Crippen molar-refractivity contribution < 1.29 is 16.8 Å². The van der Waals surface area contributed by atoms with E-state index in [-0.39, 0.29) is 33.1 Å². The Morgan fingerprint density at radius 3 is 1.36 bits per heavy atom. The summed E-state index contributed by atoms with van der Waals surface area (Å²) in [5, 5.41) is 16.1. The molecule has 0 spiro atoms. The van der Waals surface area contributed by atoms with E-state index in [9.17, 15) is 16.8 Å². The lowest BCUT2D eigenvalue weighted by Gasteiger charge is -2.32. The van der Waals surface area contributed by atoms with E-state index in [0.717, 1.165) is 71.4 Å². The van der Waals surface area contributed by atoms with Gasteiger partial charge in [0.15, 0.2) is 11.6 Å². The van der Waals surface area contributed by atoms with Gasteiger partial charge in [-0.15, -0.1) is 11.6 Å². The maximum absolute atomic E-state index is 12.7. The van der Waals surface area contributed by atoms with Crippen LogP contribution in [-0.2, 0) is 32.5 Å². The first-order valence-corrected chi connectivity index (χ1v) is 26.8. The van der Waals surface area contributed by atoms with Crippen LogP contribution in [0, 0.1) is 0 Å². The predicted octanol–water partition coefficient (Wildman–Crippen LogP) is 8.38. The fourth-order valence-electron chi connectivity index (χ4n) is 6.94. The summed E-state index contributed by atoms with van der Waals surface area (Å²) in [6.07, 6.45) is 2.92. The number of para-hydroxylation sites is 2. The van der Waals surface area contributed by atoms with Crippen LogP contribution in [0.5, 0.6) is 0 Å². The Bertz CT molecular complexity index is 2890. The SMILES string of the molecule is C.CN(C)S(=O)(=O)c1ccccc1Nc1nc(Nc2ccc(CCl)cc2)ncc1Cl.CN1CCN(Cc2ccc(Nc3ncc(Cl)c(Nc4ccccc4S(=O)(=O)N(C)C)n3)cc2)CC1.CN1CCNCC1. The van der Waals surface area contributed by atoms with Gasteiger partial charge in [0, 0.05) is 104 Å². The smallest absolute Gasteiger partial charge is 0.244 e. The van der Waals surface area contributed by atoms with E-state index in [0.29, 0.717) is 35.0 Å². The summed E-state index contributed by atoms with van der Waals surface area (Å²) >= 11 is 18.4. The summed E-state index contributed by atoms with van der Waals surface area (Å²) in [4.78, 5) is 24.7. The molecular formula is C49H65Cl3N14O4S2. The summed E-state index contributed by atoms with van der Waals surface area (Å²) in [5.74, 6) is 1.67. The number of sulfonamides is 2. The molecule has 5 N–H and O–H groups in total. The van der Waals surface area contributed by atoms with Gasteiger partial charge in [0.2, 0.25) is 31.9 Å². The monoisotopic (exact) mass is 1080 g/mol. The quantitative estimate of drug-likeness (QED) is 0.0615. The van der Waals surface area contributed by atoms with Crippen LogP contribution in [0.25, 0.3) is 0 Å². The van der Waals surface area contributed by atoms with E-state index in [2.05, 4.69) is 87.4 Å². The van der Waals surface area contributed by atoms with Gasteiger partial charge in [-0.1, -0.05) is 79.2 Å². The lowest BCUT2D eigenvalue weighted by atomic mass is 10.2. The minimum atomic E-state index is -3.65. The van der Waals surface area contributed by atoms with Crippen molar-refractivity contribution >= 4 is 101 Å². The van der Waals surface area contributed by atoms with Gasteiger partial charge in [-0.3, -0.25) is 4.90 Å². The Morgan fingerprint density at radius 1 is 0.569 bits per heavy atom. The molecule has 2 aromatic heterocycles. The molecule has 0 unspecified atom stereocenters. The van der Waals surface area contributed by atoms with E-state index in [4.69, 9.17) is 34.8 Å². The molecule has 0 bridgehead atoms. The van der Waals surface area contributed by atoms with Crippen LogP contribution in [0.2, 0.25) is 10.0 Å². The topological polar surface area (TPSA) is 196 Å². The third-order valence-electron chi connectivity index (χ3n) is 11.2. The molecule has 23 heteroatoms. The minimum Gasteiger partial charge on any atom is -0.338 e. The molecule has 8 rings (SSSR count). The van der Waals surface area contributed by atoms with Crippen molar-refractivity contribution in [1.29, 1.82) is 0 Å². The maximum Gasteiger partial charge on any atom is 0.244 e. The molecule has 4 heterocycles. The standard InChI is InChI=1S/C24H30ClN7O2S.C19H19Cl2N5O2S.C5H12N2.CH4/c1-30(2)35(33,34)22-7-5-4-6-21(22)28-23-20(25)16-26-24(29-23)27-19-10-8-18(9-11-19)17-32-14-12-31(3)13-15-32;1-26(2)29(27,28)17-6-4-3-5-16(17)24-18-15(21)12-22-19(25-18)23-14-9-7-13(11-20)8-10-14;1-7-4-2-6-3-5-7;/h4-11,16H,12-15,17H2,1-3H3,(H2,26,27,28,29);3-10,12H,11H2,1-2H3,(H2,22,23,24,25);6H,2-5H2,1H3;1H4. The third kappa shape index (κ3) is 16.4. The van der Waals surface area contributed by atoms with Crippen molar-refractivity contribution in [3.8, 4) is 0 Å². The number of rotatable bonds is 15. The summed E-state index contributed by atoms with van der Waals surface area (Å²) in [6.45, 7) is 10.0. The van der Waals surface area contributed by atoms with Crippen LogP contribution in [0.1, 0.15) is 18.6 Å². The molecule has 2 aliphatic heterocycles. The van der Waals surface area contributed by atoms with Gasteiger partial charge >= 0.3 is 0 Å². The molecule has 72 heavy (non-hydrogen) atoms. The molecule has 2 fully saturated rings. The lowest BCUT2D eigenvalue weighted by Crippen LogP contribution is -2.43. The summed E-state index contributed by atoms with van der Waals surface area (Å²) in [5.41, 5.74) is 4.60. The van der Waals surface area contributed by atoms with Crippen molar-refractivity contribution in [3.63, 3.8) is 0 Å². The van der Waals surface area contributed by atoms with Gasteiger partial charge in [0.25, 0.3) is 0 Å². The van der Waals surface area contributed by atoms with Gasteiger partial charge in [-0.2, -0.15) is 9.97 Å². The molecule has 2 saturated heterocycles. The highest BCUT2D eigenvalue weighted by Crippen LogP contribution is 2.32. The lowest BCUT2D eigenvalue weighted by molar-refractivity contribution is 0.148. The number of benzene rings is 4. The summed E-state index contributed by atoms with van der Waals surface area (Å²) < 4.78 is 52.9. The van der Waals surface area contributed by atoms with E-state index >= 15 is 0 Å². The highest BCUT2D eigenvalue weighted by Gasteiger charge is 2.23. The zero-order valence-electron chi connectivity index (χ0n) is 40.6. The Kier molecular flexibility index (Phi) is 21.8. The van der Waals surface area contributed by atoms with Crippen LogP contribution >= 0.6 is 34.8 Å². The average Bonchev–Trinajstić information content (AvgIpc) is 3.36. The van der Waals surface area contributed by atoms with Crippen LogP contribution in [0.4, 0.5) is 46.3 Å². The molecule has 0 amide bonds. The third-order valence-corrected chi connectivity index (χ3v) is 15.8. The average molecular weight is 1080 g/mol. The van der Waals surface area contributed by atoms with E-state index in [1.165, 1.54) is 71.4 Å². The fourth-order valence-corrected chi connectivity index (χ4v) is 9.47. The minimum absolute atomic E-state index is 0. The summed E-state index contributed by atoms with van der Waals surface area (Å²) in [7, 11) is 2.93. The molecule has 2 aliphatic rings. The van der Waals surface area contributed by atoms with Gasteiger partial charge in [-0.25, -0.2) is 35.4 Å². The largest absolute Gasteiger partial charge is 0.338 e. The Balaban J connectivity index is 0.000000235. The fraction of sp³-hybridized carbons (Fsp3) is 0.347. The molecular weight excluding hydrogens is 1020 g/mol. The predicted molar refractivity (Wildman–Crippen MR) is 294 cm³/mol. The van der Waals surface area contributed by atoms with Crippen molar-refractivity contribution in [3.05, 3.63) is 131 Å². The van der Waals surface area contributed by atoms with Gasteiger partial charge in [-0.05, 0) is 73.8 Å². The van der Waals surface area contributed by atoms with Crippen LogP contribution in [-0.4, -0.2) is 155 Å². The number of hydrogen-bond acceptors (Lipinski definition) is 16. The zero-order valence-corrected chi connectivity index (χ0v) is 44.5. The number of nitrogens with zero attached hydrogens (tertiary/aromatic N) is 9. The number of halogens is 3. The van der Waals surface area contributed by atoms with Crippen molar-refractivity contribution in [2.45, 2.75) is 29.6 Å². The number of piperazine rings is 2. The van der Waals surface area contributed by atoms with E-state index < -0.39 is 20.0 Å².